The highest BCUT2D eigenvalue weighted by molar-refractivity contribution is 5.87. The van der Waals surface area contributed by atoms with Gasteiger partial charge in [-0.3, -0.25) is 14.4 Å². The van der Waals surface area contributed by atoms with Crippen LogP contribution in [0.2, 0.25) is 0 Å². The molecule has 1 aromatic rings. The molecule has 1 aromatic carbocycles. The van der Waals surface area contributed by atoms with Crippen LogP contribution in [0, 0.1) is 0 Å². The number of carbonyl (C=O) groups is 3. The third-order valence-corrected chi connectivity index (χ3v) is 3.57. The van der Waals surface area contributed by atoms with E-state index >= 15 is 0 Å². The molecule has 0 atom stereocenters. The summed E-state index contributed by atoms with van der Waals surface area (Å²) in [7, 11) is 0. The summed E-state index contributed by atoms with van der Waals surface area (Å²) in [6.45, 7) is 2.46. The van der Waals surface area contributed by atoms with Gasteiger partial charge >= 0.3 is 0 Å². The van der Waals surface area contributed by atoms with E-state index in [9.17, 15) is 14.4 Å². The topological polar surface area (TPSA) is 110 Å². The Kier molecular flexibility index (Phi) is 8.49. The number of unbranched alkanes of at least 4 members (excludes halogenated alkanes) is 1. The van der Waals surface area contributed by atoms with Crippen molar-refractivity contribution >= 4 is 17.7 Å². The number of primary amides is 1. The van der Waals surface area contributed by atoms with Gasteiger partial charge in [0.25, 0.3) is 0 Å². The quantitative estimate of drug-likeness (QED) is 0.591. The predicted octanol–water partition coefficient (Wildman–Crippen LogP) is 0.0879. The second-order valence-electron chi connectivity index (χ2n) is 5.64. The van der Waals surface area contributed by atoms with Gasteiger partial charge in [0.1, 0.15) is 0 Å². The van der Waals surface area contributed by atoms with E-state index in [0.29, 0.717) is 13.1 Å². The van der Waals surface area contributed by atoms with Crippen molar-refractivity contribution in [1.29, 1.82) is 0 Å². The zero-order valence-electron chi connectivity index (χ0n) is 14.1. The van der Waals surface area contributed by atoms with Crippen molar-refractivity contribution in [2.75, 3.05) is 26.2 Å². The molecule has 1 rings (SSSR count). The van der Waals surface area contributed by atoms with Gasteiger partial charge in [0.2, 0.25) is 17.7 Å². The lowest BCUT2D eigenvalue weighted by Gasteiger charge is -2.26. The summed E-state index contributed by atoms with van der Waals surface area (Å²) in [6, 6.07) is 9.32. The average molecular weight is 334 g/mol. The maximum absolute atomic E-state index is 12.5. The minimum absolute atomic E-state index is 0.0694. The summed E-state index contributed by atoms with van der Waals surface area (Å²) in [5, 5.41) is 0. The molecule has 0 radical (unpaired) electrons. The molecule has 7 heteroatoms. The average Bonchev–Trinajstić information content (AvgIpc) is 2.53. The summed E-state index contributed by atoms with van der Waals surface area (Å²) in [5.74, 6) is -1.07. The second-order valence-corrected chi connectivity index (χ2v) is 5.64. The van der Waals surface area contributed by atoms with Gasteiger partial charge in [-0.2, -0.15) is 0 Å². The number of amides is 3. The molecule has 0 spiro atoms. The van der Waals surface area contributed by atoms with Gasteiger partial charge in [0.15, 0.2) is 0 Å². The molecule has 132 valence electrons. The van der Waals surface area contributed by atoms with E-state index in [2.05, 4.69) is 0 Å². The number of hydrogen-bond acceptors (Lipinski definition) is 4. The minimum Gasteiger partial charge on any atom is -0.368 e. The Morgan fingerprint density at radius 2 is 1.67 bits per heavy atom. The molecule has 24 heavy (non-hydrogen) atoms. The molecule has 0 saturated carbocycles. The van der Waals surface area contributed by atoms with Crippen LogP contribution in [0.4, 0.5) is 0 Å². The molecule has 0 aromatic heterocycles. The van der Waals surface area contributed by atoms with E-state index in [4.69, 9.17) is 11.5 Å². The van der Waals surface area contributed by atoms with E-state index in [-0.39, 0.29) is 31.4 Å². The van der Waals surface area contributed by atoms with E-state index in [1.807, 2.05) is 30.3 Å². The summed E-state index contributed by atoms with van der Waals surface area (Å²) in [5.41, 5.74) is 11.6. The Balaban J connectivity index is 2.74. The van der Waals surface area contributed by atoms with E-state index in [1.165, 1.54) is 16.7 Å². The van der Waals surface area contributed by atoms with E-state index in [0.717, 1.165) is 18.4 Å². The fourth-order valence-electron chi connectivity index (χ4n) is 2.28. The first-order valence-corrected chi connectivity index (χ1v) is 7.99. The lowest BCUT2D eigenvalue weighted by Crippen LogP contribution is -2.45. The smallest absolute Gasteiger partial charge is 0.242 e. The van der Waals surface area contributed by atoms with Crippen LogP contribution in [0.15, 0.2) is 30.3 Å². The molecule has 0 unspecified atom stereocenters. The van der Waals surface area contributed by atoms with Gasteiger partial charge in [-0.25, -0.2) is 0 Å². The Morgan fingerprint density at radius 1 is 1.00 bits per heavy atom. The largest absolute Gasteiger partial charge is 0.368 e. The Bertz CT molecular complexity index is 548. The van der Waals surface area contributed by atoms with Gasteiger partial charge in [0, 0.05) is 20.0 Å². The number of hydrogen-bond donors (Lipinski definition) is 2. The SMILES string of the molecule is CC(=O)N(CCCCN)CC(=O)N(CC(N)=O)Cc1ccccc1. The van der Waals surface area contributed by atoms with Gasteiger partial charge in [0.05, 0.1) is 13.1 Å². The van der Waals surface area contributed by atoms with Crippen molar-refractivity contribution in [3.8, 4) is 0 Å². The number of carbonyl (C=O) groups excluding carboxylic acids is 3. The fraction of sp³-hybridized carbons (Fsp3) is 0.471. The van der Waals surface area contributed by atoms with E-state index in [1.54, 1.807) is 0 Å². The fourth-order valence-corrected chi connectivity index (χ4v) is 2.28. The molecule has 0 bridgehead atoms. The monoisotopic (exact) mass is 334 g/mol. The van der Waals surface area contributed by atoms with E-state index < -0.39 is 5.91 Å². The van der Waals surface area contributed by atoms with Crippen molar-refractivity contribution < 1.29 is 14.4 Å². The molecule has 0 saturated heterocycles. The normalized spacial score (nSPS) is 10.2. The molecule has 0 aliphatic carbocycles. The van der Waals surface area contributed by atoms with Gasteiger partial charge in [-0.15, -0.1) is 0 Å². The Morgan fingerprint density at radius 3 is 2.21 bits per heavy atom. The number of nitrogens with zero attached hydrogens (tertiary/aromatic N) is 2. The molecular formula is C17H26N4O3. The maximum Gasteiger partial charge on any atom is 0.242 e. The molecule has 7 nitrogen and oxygen atoms in total. The Hall–Kier alpha value is -2.41. The molecular weight excluding hydrogens is 308 g/mol. The third kappa shape index (κ3) is 7.23. The van der Waals surface area contributed by atoms with Gasteiger partial charge in [-0.05, 0) is 24.9 Å². The molecule has 4 N–H and O–H groups in total. The lowest BCUT2D eigenvalue weighted by molar-refractivity contribution is -0.141. The Labute approximate surface area is 142 Å². The molecule has 3 amide bonds. The summed E-state index contributed by atoms with van der Waals surface area (Å²) >= 11 is 0. The van der Waals surface area contributed by atoms with Crippen molar-refractivity contribution in [3.63, 3.8) is 0 Å². The minimum atomic E-state index is -0.586. The van der Waals surface area contributed by atoms with Crippen molar-refractivity contribution in [2.45, 2.75) is 26.3 Å². The van der Waals surface area contributed by atoms with Crippen LogP contribution < -0.4 is 11.5 Å². The van der Waals surface area contributed by atoms with Crippen LogP contribution in [0.3, 0.4) is 0 Å². The van der Waals surface area contributed by atoms with Crippen LogP contribution in [0.1, 0.15) is 25.3 Å². The second kappa shape index (κ2) is 10.4. The van der Waals surface area contributed by atoms with Crippen LogP contribution >= 0.6 is 0 Å². The molecule has 0 fully saturated rings. The van der Waals surface area contributed by atoms with Crippen LogP contribution in [0.25, 0.3) is 0 Å². The molecule has 0 aliphatic rings. The standard InChI is InChI=1S/C17H26N4O3/c1-14(22)20(10-6-5-9-18)13-17(24)21(12-16(19)23)11-15-7-3-2-4-8-15/h2-4,7-8H,5-6,9-13,18H2,1H3,(H2,19,23). The first kappa shape index (κ1) is 19.6. The van der Waals surface area contributed by atoms with Crippen LogP contribution in [-0.2, 0) is 20.9 Å². The third-order valence-electron chi connectivity index (χ3n) is 3.57. The summed E-state index contributed by atoms with van der Waals surface area (Å²) in [6.07, 6.45) is 1.52. The van der Waals surface area contributed by atoms with Crippen LogP contribution in [0.5, 0.6) is 0 Å². The number of rotatable bonds is 10. The first-order chi connectivity index (χ1) is 11.4. The number of nitrogens with two attached hydrogens (primary N) is 2. The lowest BCUT2D eigenvalue weighted by atomic mass is 10.2. The van der Waals surface area contributed by atoms with Gasteiger partial charge < -0.3 is 21.3 Å². The highest BCUT2D eigenvalue weighted by Gasteiger charge is 2.20. The zero-order chi connectivity index (χ0) is 17.9. The summed E-state index contributed by atoms with van der Waals surface area (Å²) < 4.78 is 0. The molecule has 0 aliphatic heterocycles. The highest BCUT2D eigenvalue weighted by Crippen LogP contribution is 2.06. The van der Waals surface area contributed by atoms with Crippen molar-refractivity contribution in [1.82, 2.24) is 9.80 Å². The maximum atomic E-state index is 12.5. The number of benzene rings is 1. The van der Waals surface area contributed by atoms with Crippen molar-refractivity contribution in [2.24, 2.45) is 11.5 Å². The highest BCUT2D eigenvalue weighted by atomic mass is 16.2. The van der Waals surface area contributed by atoms with Crippen molar-refractivity contribution in [3.05, 3.63) is 35.9 Å². The van der Waals surface area contributed by atoms with Gasteiger partial charge in [-0.1, -0.05) is 30.3 Å². The first-order valence-electron chi connectivity index (χ1n) is 7.99. The zero-order valence-corrected chi connectivity index (χ0v) is 14.1. The molecule has 0 heterocycles. The van der Waals surface area contributed by atoms with Crippen LogP contribution in [-0.4, -0.2) is 53.7 Å². The predicted molar refractivity (Wildman–Crippen MR) is 91.6 cm³/mol. The summed E-state index contributed by atoms with van der Waals surface area (Å²) in [4.78, 5) is 38.3.